The minimum Gasteiger partial charge on any atom is -0.477 e. The van der Waals surface area contributed by atoms with E-state index in [0.717, 1.165) is 11.7 Å². The van der Waals surface area contributed by atoms with Gasteiger partial charge >= 0.3 is 5.97 Å². The summed E-state index contributed by atoms with van der Waals surface area (Å²) in [6.45, 7) is 4.68. The molecule has 0 saturated carbocycles. The van der Waals surface area contributed by atoms with Crippen molar-refractivity contribution in [3.63, 3.8) is 0 Å². The Kier molecular flexibility index (Phi) is 4.21. The maximum absolute atomic E-state index is 11.2. The molecule has 2 aromatic rings. The molecule has 0 fully saturated rings. The summed E-state index contributed by atoms with van der Waals surface area (Å²) < 4.78 is 0. The predicted molar refractivity (Wildman–Crippen MR) is 79.6 cm³/mol. The number of rotatable bonds is 5. The van der Waals surface area contributed by atoms with Crippen molar-refractivity contribution in [2.45, 2.75) is 26.3 Å². The van der Waals surface area contributed by atoms with Gasteiger partial charge in [0.2, 0.25) is 0 Å². The normalized spacial score (nSPS) is 10.9. The van der Waals surface area contributed by atoms with E-state index in [0.29, 0.717) is 10.6 Å². The van der Waals surface area contributed by atoms with Crippen LogP contribution in [-0.2, 0) is 6.54 Å². The number of hydrogen-bond acceptors (Lipinski definition) is 5. The van der Waals surface area contributed by atoms with Crippen molar-refractivity contribution >= 4 is 33.8 Å². The number of thiophene rings is 1. The molecule has 0 spiro atoms. The maximum Gasteiger partial charge on any atom is 0.347 e. The molecule has 19 heavy (non-hydrogen) atoms. The van der Waals surface area contributed by atoms with Crippen LogP contribution in [0.15, 0.2) is 17.5 Å². The monoisotopic (exact) mass is 296 g/mol. The van der Waals surface area contributed by atoms with Crippen LogP contribution in [-0.4, -0.2) is 23.1 Å². The SMILES string of the molecule is CC(C)c1nc(N(C)Cc2cccs2)sc1C(=O)O. The number of nitrogens with zero attached hydrogens (tertiary/aromatic N) is 2. The molecule has 1 N–H and O–H groups in total. The molecule has 0 aromatic carbocycles. The highest BCUT2D eigenvalue weighted by Gasteiger charge is 2.21. The van der Waals surface area contributed by atoms with Crippen LogP contribution in [0, 0.1) is 0 Å². The zero-order chi connectivity index (χ0) is 14.0. The number of anilines is 1. The summed E-state index contributed by atoms with van der Waals surface area (Å²) in [6, 6.07) is 4.08. The van der Waals surface area contributed by atoms with E-state index in [4.69, 9.17) is 0 Å². The minimum atomic E-state index is -0.892. The van der Waals surface area contributed by atoms with Crippen LogP contribution in [0.2, 0.25) is 0 Å². The Morgan fingerprint density at radius 1 is 1.53 bits per heavy atom. The molecular weight excluding hydrogens is 280 g/mol. The summed E-state index contributed by atoms with van der Waals surface area (Å²) in [7, 11) is 1.94. The highest BCUT2D eigenvalue weighted by molar-refractivity contribution is 7.17. The van der Waals surface area contributed by atoms with Gasteiger partial charge < -0.3 is 10.0 Å². The lowest BCUT2D eigenvalue weighted by molar-refractivity contribution is 0.0700. The maximum atomic E-state index is 11.2. The predicted octanol–water partition coefficient (Wildman–Crippen LogP) is 3.66. The molecule has 0 amide bonds. The van der Waals surface area contributed by atoms with E-state index in [1.807, 2.05) is 37.2 Å². The molecule has 4 nitrogen and oxygen atoms in total. The van der Waals surface area contributed by atoms with Crippen molar-refractivity contribution in [1.82, 2.24) is 4.98 Å². The Labute approximate surface area is 120 Å². The summed E-state index contributed by atoms with van der Waals surface area (Å²) in [5.74, 6) is -0.775. The number of carboxylic acids is 1. The van der Waals surface area contributed by atoms with Gasteiger partial charge in [0.05, 0.1) is 12.2 Å². The van der Waals surface area contributed by atoms with Crippen molar-refractivity contribution in [2.75, 3.05) is 11.9 Å². The van der Waals surface area contributed by atoms with Crippen LogP contribution in [0.25, 0.3) is 0 Å². The van der Waals surface area contributed by atoms with E-state index in [-0.39, 0.29) is 5.92 Å². The number of carbonyl (C=O) groups is 1. The molecule has 6 heteroatoms. The van der Waals surface area contributed by atoms with Crippen LogP contribution in [0.3, 0.4) is 0 Å². The van der Waals surface area contributed by atoms with Crippen LogP contribution in [0.1, 0.15) is 40.0 Å². The van der Waals surface area contributed by atoms with Gasteiger partial charge in [0, 0.05) is 11.9 Å². The quantitative estimate of drug-likeness (QED) is 0.914. The first-order valence-electron chi connectivity index (χ1n) is 5.96. The molecule has 0 bridgehead atoms. The van der Waals surface area contributed by atoms with Crippen LogP contribution < -0.4 is 4.90 Å². The third-order valence-corrected chi connectivity index (χ3v) is 4.72. The average molecular weight is 296 g/mol. The van der Waals surface area contributed by atoms with Crippen molar-refractivity contribution in [3.8, 4) is 0 Å². The second kappa shape index (κ2) is 5.71. The third-order valence-electron chi connectivity index (χ3n) is 2.68. The van der Waals surface area contributed by atoms with E-state index < -0.39 is 5.97 Å². The van der Waals surface area contributed by atoms with Gasteiger partial charge in [-0.05, 0) is 17.4 Å². The Hall–Kier alpha value is -1.40. The van der Waals surface area contributed by atoms with Gasteiger partial charge in [0.25, 0.3) is 0 Å². The van der Waals surface area contributed by atoms with Gasteiger partial charge in [-0.2, -0.15) is 0 Å². The Morgan fingerprint density at radius 3 is 2.74 bits per heavy atom. The fraction of sp³-hybridized carbons (Fsp3) is 0.385. The third kappa shape index (κ3) is 3.13. The topological polar surface area (TPSA) is 53.4 Å². The molecule has 2 rings (SSSR count). The molecule has 2 heterocycles. The Bertz CT molecular complexity index is 561. The number of aromatic nitrogens is 1. The molecule has 0 atom stereocenters. The van der Waals surface area contributed by atoms with Gasteiger partial charge in [0.1, 0.15) is 4.88 Å². The average Bonchev–Trinajstić information content (AvgIpc) is 2.96. The minimum absolute atomic E-state index is 0.117. The number of aromatic carboxylic acids is 1. The summed E-state index contributed by atoms with van der Waals surface area (Å²) >= 11 is 2.93. The number of thiazole rings is 1. The first kappa shape index (κ1) is 14.0. The lowest BCUT2D eigenvalue weighted by Crippen LogP contribution is -2.15. The van der Waals surface area contributed by atoms with Gasteiger partial charge in [-0.25, -0.2) is 9.78 Å². The van der Waals surface area contributed by atoms with Gasteiger partial charge in [-0.15, -0.1) is 11.3 Å². The van der Waals surface area contributed by atoms with Crippen molar-refractivity contribution in [2.24, 2.45) is 0 Å². The lowest BCUT2D eigenvalue weighted by atomic mass is 10.1. The first-order valence-corrected chi connectivity index (χ1v) is 7.66. The van der Waals surface area contributed by atoms with Crippen LogP contribution in [0.4, 0.5) is 5.13 Å². The highest BCUT2D eigenvalue weighted by Crippen LogP contribution is 2.31. The molecule has 0 saturated heterocycles. The summed E-state index contributed by atoms with van der Waals surface area (Å²) in [5, 5.41) is 12.0. The van der Waals surface area contributed by atoms with E-state index >= 15 is 0 Å². The molecule has 2 aromatic heterocycles. The number of carboxylic acid groups (broad SMARTS) is 1. The largest absolute Gasteiger partial charge is 0.477 e. The highest BCUT2D eigenvalue weighted by atomic mass is 32.1. The van der Waals surface area contributed by atoms with Gasteiger partial charge in [-0.1, -0.05) is 31.3 Å². The molecule has 0 aliphatic heterocycles. The molecule has 0 aliphatic carbocycles. The van der Waals surface area contributed by atoms with Gasteiger partial charge in [0.15, 0.2) is 5.13 Å². The van der Waals surface area contributed by atoms with Crippen LogP contribution in [0.5, 0.6) is 0 Å². The van der Waals surface area contributed by atoms with Crippen LogP contribution >= 0.6 is 22.7 Å². The van der Waals surface area contributed by atoms with Gasteiger partial charge in [-0.3, -0.25) is 0 Å². The molecule has 0 radical (unpaired) electrons. The first-order chi connectivity index (χ1) is 8.99. The smallest absolute Gasteiger partial charge is 0.347 e. The standard InChI is InChI=1S/C13H16N2O2S2/c1-8(2)10-11(12(16)17)19-13(14-10)15(3)7-9-5-4-6-18-9/h4-6,8H,7H2,1-3H3,(H,16,17). The van der Waals surface area contributed by atoms with E-state index in [9.17, 15) is 9.90 Å². The molecular formula is C13H16N2O2S2. The summed E-state index contributed by atoms with van der Waals surface area (Å²) in [6.07, 6.45) is 0. The summed E-state index contributed by atoms with van der Waals surface area (Å²) in [5.41, 5.74) is 0.672. The number of hydrogen-bond donors (Lipinski definition) is 1. The van der Waals surface area contributed by atoms with E-state index in [2.05, 4.69) is 11.1 Å². The van der Waals surface area contributed by atoms with E-state index in [1.165, 1.54) is 16.2 Å². The zero-order valence-electron chi connectivity index (χ0n) is 11.1. The second-order valence-electron chi connectivity index (χ2n) is 4.61. The van der Waals surface area contributed by atoms with Crippen molar-refractivity contribution in [1.29, 1.82) is 0 Å². The Morgan fingerprint density at radius 2 is 2.26 bits per heavy atom. The molecule has 0 unspecified atom stereocenters. The fourth-order valence-electron chi connectivity index (χ4n) is 1.73. The van der Waals surface area contributed by atoms with Crippen molar-refractivity contribution in [3.05, 3.63) is 33.0 Å². The van der Waals surface area contributed by atoms with Crippen molar-refractivity contribution < 1.29 is 9.90 Å². The summed E-state index contributed by atoms with van der Waals surface area (Å²) in [4.78, 5) is 19.3. The lowest BCUT2D eigenvalue weighted by Gasteiger charge is -2.14. The zero-order valence-corrected chi connectivity index (χ0v) is 12.7. The molecule has 102 valence electrons. The Balaban J connectivity index is 2.25. The van der Waals surface area contributed by atoms with E-state index in [1.54, 1.807) is 11.3 Å². The second-order valence-corrected chi connectivity index (χ2v) is 6.62. The fourth-order valence-corrected chi connectivity index (χ4v) is 3.51. The molecule has 0 aliphatic rings.